The molecule has 6 rings (SSSR count). The maximum Gasteiger partial charge on any atom is 0.159 e. The second-order valence-corrected chi connectivity index (χ2v) is 18.7. The highest BCUT2D eigenvalue weighted by Crippen LogP contribution is 2.26. The smallest absolute Gasteiger partial charge is 0.159 e. The number of hydrogen-bond acceptors (Lipinski definition) is 10. The van der Waals surface area contributed by atoms with Crippen molar-refractivity contribution in [3.8, 4) is 68.4 Å². The lowest BCUT2D eigenvalue weighted by molar-refractivity contribution is 0.292. The summed E-state index contributed by atoms with van der Waals surface area (Å²) in [6.45, 7) is 8.76. The fraction of sp³-hybridized carbons (Fsp3) is 0.484. The highest BCUT2D eigenvalue weighted by atomic mass is 16.5. The number of rotatable bonds is 39. The molecule has 386 valence electrons. The number of benzene rings is 4. The Bertz CT molecular complexity index is 2110. The predicted molar refractivity (Wildman–Crippen MR) is 293 cm³/mol. The first kappa shape index (κ1) is 55.2. The molecule has 0 saturated heterocycles. The van der Waals surface area contributed by atoms with E-state index in [1.807, 2.05) is 48.5 Å². The Hall–Kier alpha value is -6.16. The van der Waals surface area contributed by atoms with Crippen LogP contribution in [-0.2, 0) is 0 Å². The van der Waals surface area contributed by atoms with E-state index in [-0.39, 0.29) is 0 Å². The molecule has 0 spiro atoms. The molecule has 0 aliphatic heterocycles. The second kappa shape index (κ2) is 34.2. The number of unbranched alkanes of at least 4 members (excludes halogenated alkanes) is 18. The number of ether oxygens (including phenoxy) is 6. The SMILES string of the molecule is CCCCCCCCOc1ccc(-c2ccc(OCCCCCCCOc3cnc(-c4ccc(OCCCCCCCOc5cnc(-c6ccc(OCCCCCCCC)cc6)nc5)cc4)nc3)cc2)cc1. The van der Waals surface area contributed by atoms with Crippen molar-refractivity contribution in [1.29, 1.82) is 0 Å². The Morgan fingerprint density at radius 2 is 0.444 bits per heavy atom. The van der Waals surface area contributed by atoms with Gasteiger partial charge in [-0.25, -0.2) is 19.9 Å². The fourth-order valence-corrected chi connectivity index (χ4v) is 8.34. The first-order chi connectivity index (χ1) is 35.7. The quantitative estimate of drug-likeness (QED) is 0.0347. The molecule has 0 atom stereocenters. The molecule has 0 radical (unpaired) electrons. The van der Waals surface area contributed by atoms with Gasteiger partial charge in [-0.1, -0.05) is 141 Å². The Morgan fingerprint density at radius 1 is 0.236 bits per heavy atom. The first-order valence-electron chi connectivity index (χ1n) is 27.5. The van der Waals surface area contributed by atoms with Crippen LogP contribution in [0.3, 0.4) is 0 Å². The van der Waals surface area contributed by atoms with E-state index in [4.69, 9.17) is 28.4 Å². The van der Waals surface area contributed by atoms with Crippen LogP contribution >= 0.6 is 0 Å². The van der Waals surface area contributed by atoms with Crippen LogP contribution in [0.2, 0.25) is 0 Å². The minimum Gasteiger partial charge on any atom is -0.494 e. The standard InChI is InChI=1S/C62H82N4O6/c1-3-5-7-9-13-19-41-67-55-33-25-51(26-34-55)52-27-35-56(36-28-52)68-43-21-15-11-17-23-45-71-59-49-65-62(66-50-59)54-31-39-58(40-32-54)70-44-22-16-12-18-24-46-72-60-47-63-61(64-48-60)53-29-37-57(38-30-53)69-42-20-14-10-8-6-4-2/h25-40,47-50H,3-24,41-46H2,1-2H3. The average molecular weight is 979 g/mol. The van der Waals surface area contributed by atoms with Crippen LogP contribution in [0.1, 0.15) is 155 Å². The number of hydrogen-bond donors (Lipinski definition) is 0. The van der Waals surface area contributed by atoms with Crippen LogP contribution < -0.4 is 28.4 Å². The summed E-state index contributed by atoms with van der Waals surface area (Å²) in [5.74, 6) is 6.33. The zero-order valence-electron chi connectivity index (χ0n) is 43.6. The van der Waals surface area contributed by atoms with Gasteiger partial charge in [-0.3, -0.25) is 0 Å². The van der Waals surface area contributed by atoms with Gasteiger partial charge in [-0.05, 0) is 122 Å². The van der Waals surface area contributed by atoms with Gasteiger partial charge in [0.25, 0.3) is 0 Å². The van der Waals surface area contributed by atoms with Crippen LogP contribution in [-0.4, -0.2) is 59.6 Å². The van der Waals surface area contributed by atoms with Gasteiger partial charge < -0.3 is 28.4 Å². The Labute approximate surface area is 431 Å². The molecular formula is C62H82N4O6. The lowest BCUT2D eigenvalue weighted by Gasteiger charge is -2.09. The molecule has 0 amide bonds. The van der Waals surface area contributed by atoms with E-state index < -0.39 is 0 Å². The van der Waals surface area contributed by atoms with Crippen LogP contribution in [0.4, 0.5) is 0 Å². The molecule has 0 aliphatic rings. The van der Waals surface area contributed by atoms with Gasteiger partial charge in [-0.15, -0.1) is 0 Å². The highest BCUT2D eigenvalue weighted by molar-refractivity contribution is 5.65. The summed E-state index contributed by atoms with van der Waals surface area (Å²) in [5.41, 5.74) is 4.27. The minimum absolute atomic E-state index is 0.652. The van der Waals surface area contributed by atoms with E-state index in [2.05, 4.69) is 82.3 Å². The van der Waals surface area contributed by atoms with Gasteiger partial charge in [0.15, 0.2) is 23.1 Å². The maximum atomic E-state index is 6.03. The summed E-state index contributed by atoms with van der Waals surface area (Å²) in [4.78, 5) is 18.1. The molecular weight excluding hydrogens is 897 g/mol. The molecule has 72 heavy (non-hydrogen) atoms. The zero-order chi connectivity index (χ0) is 49.9. The normalized spacial score (nSPS) is 11.1. The van der Waals surface area contributed by atoms with Crippen molar-refractivity contribution in [2.45, 2.75) is 155 Å². The summed E-state index contributed by atoms with van der Waals surface area (Å²) in [7, 11) is 0. The summed E-state index contributed by atoms with van der Waals surface area (Å²) < 4.78 is 35.8. The molecule has 4 aromatic carbocycles. The van der Waals surface area contributed by atoms with Crippen molar-refractivity contribution in [1.82, 2.24) is 19.9 Å². The Balaban J connectivity index is 0.727. The van der Waals surface area contributed by atoms with Gasteiger partial charge in [0.05, 0.1) is 64.4 Å². The predicted octanol–water partition coefficient (Wildman–Crippen LogP) is 16.6. The van der Waals surface area contributed by atoms with E-state index in [1.54, 1.807) is 24.8 Å². The molecule has 2 aromatic heterocycles. The van der Waals surface area contributed by atoms with E-state index in [9.17, 15) is 0 Å². The maximum absolute atomic E-state index is 6.03. The van der Waals surface area contributed by atoms with Crippen molar-refractivity contribution in [3.05, 3.63) is 122 Å². The topological polar surface area (TPSA) is 107 Å². The molecule has 10 nitrogen and oxygen atoms in total. The molecule has 6 aromatic rings. The first-order valence-corrected chi connectivity index (χ1v) is 27.5. The third kappa shape index (κ3) is 21.7. The zero-order valence-corrected chi connectivity index (χ0v) is 43.6. The average Bonchev–Trinajstić information content (AvgIpc) is 3.42. The molecule has 2 heterocycles. The molecule has 0 bridgehead atoms. The van der Waals surface area contributed by atoms with Gasteiger partial charge in [0, 0.05) is 11.1 Å². The highest BCUT2D eigenvalue weighted by Gasteiger charge is 2.07. The summed E-state index contributed by atoms with van der Waals surface area (Å²) in [6, 6.07) is 32.8. The van der Waals surface area contributed by atoms with Crippen molar-refractivity contribution in [2.75, 3.05) is 39.6 Å². The summed E-state index contributed by atoms with van der Waals surface area (Å²) in [5, 5.41) is 0. The van der Waals surface area contributed by atoms with E-state index in [1.165, 1.54) is 75.3 Å². The number of aromatic nitrogens is 4. The summed E-state index contributed by atoms with van der Waals surface area (Å²) >= 11 is 0. The van der Waals surface area contributed by atoms with Gasteiger partial charge in [0.1, 0.15) is 23.0 Å². The third-order valence-corrected chi connectivity index (χ3v) is 12.7. The van der Waals surface area contributed by atoms with Crippen LogP contribution in [0.5, 0.6) is 34.5 Å². The molecule has 0 saturated carbocycles. The van der Waals surface area contributed by atoms with Crippen LogP contribution in [0, 0.1) is 0 Å². The monoisotopic (exact) mass is 979 g/mol. The summed E-state index contributed by atoms with van der Waals surface area (Å²) in [6.07, 6.45) is 33.0. The van der Waals surface area contributed by atoms with E-state index in [0.29, 0.717) is 43.0 Å². The van der Waals surface area contributed by atoms with Gasteiger partial charge in [-0.2, -0.15) is 0 Å². The van der Waals surface area contributed by atoms with Crippen molar-refractivity contribution >= 4 is 0 Å². The molecule has 0 fully saturated rings. The fourth-order valence-electron chi connectivity index (χ4n) is 8.34. The third-order valence-electron chi connectivity index (χ3n) is 12.7. The minimum atomic E-state index is 0.652. The Morgan fingerprint density at radius 3 is 0.694 bits per heavy atom. The molecule has 0 unspecified atom stereocenters. The molecule has 0 N–H and O–H groups in total. The largest absolute Gasteiger partial charge is 0.494 e. The Kier molecular flexibility index (Phi) is 26.2. The van der Waals surface area contributed by atoms with E-state index >= 15 is 0 Å². The van der Waals surface area contributed by atoms with E-state index in [0.717, 1.165) is 131 Å². The van der Waals surface area contributed by atoms with Crippen LogP contribution in [0.25, 0.3) is 33.9 Å². The molecule has 0 aliphatic carbocycles. The second-order valence-electron chi connectivity index (χ2n) is 18.7. The van der Waals surface area contributed by atoms with Crippen molar-refractivity contribution < 1.29 is 28.4 Å². The van der Waals surface area contributed by atoms with Gasteiger partial charge >= 0.3 is 0 Å². The van der Waals surface area contributed by atoms with Crippen molar-refractivity contribution in [2.24, 2.45) is 0 Å². The van der Waals surface area contributed by atoms with Crippen LogP contribution in [0.15, 0.2) is 122 Å². The lowest BCUT2D eigenvalue weighted by Crippen LogP contribution is -2.00. The number of nitrogens with zero attached hydrogens (tertiary/aromatic N) is 4. The molecule has 10 heteroatoms. The van der Waals surface area contributed by atoms with Gasteiger partial charge in [0.2, 0.25) is 0 Å². The lowest BCUT2D eigenvalue weighted by atomic mass is 10.1. The van der Waals surface area contributed by atoms with Crippen molar-refractivity contribution in [3.63, 3.8) is 0 Å².